The predicted octanol–water partition coefficient (Wildman–Crippen LogP) is 3.20. The molecule has 1 fully saturated rings. The van der Waals surface area contributed by atoms with Crippen LogP contribution in [0, 0.1) is 0 Å². The molecular weight excluding hydrogens is 328 g/mol. The van der Waals surface area contributed by atoms with Gasteiger partial charge in [0.15, 0.2) is 0 Å². The molecule has 5 nitrogen and oxygen atoms in total. The SMILES string of the molecule is NCCCCCOCCNC(=O)CCc1ccc(OC2CCCC2)cc1. The summed E-state index contributed by atoms with van der Waals surface area (Å²) in [5.74, 6) is 1.01. The van der Waals surface area contributed by atoms with Crippen LogP contribution in [-0.2, 0) is 16.0 Å². The van der Waals surface area contributed by atoms with Crippen LogP contribution in [-0.4, -0.2) is 38.3 Å². The first kappa shape index (κ1) is 20.7. The van der Waals surface area contributed by atoms with Crippen LogP contribution >= 0.6 is 0 Å². The summed E-state index contributed by atoms with van der Waals surface area (Å²) < 4.78 is 11.5. The van der Waals surface area contributed by atoms with Gasteiger partial charge in [0.25, 0.3) is 0 Å². The zero-order valence-electron chi connectivity index (χ0n) is 15.9. The molecule has 1 aliphatic carbocycles. The molecule has 2 rings (SSSR count). The van der Waals surface area contributed by atoms with Gasteiger partial charge < -0.3 is 20.5 Å². The molecule has 0 saturated heterocycles. The second kappa shape index (κ2) is 12.7. The number of aryl methyl sites for hydroxylation is 1. The van der Waals surface area contributed by atoms with E-state index in [2.05, 4.69) is 17.4 Å². The van der Waals surface area contributed by atoms with E-state index in [1.807, 2.05) is 12.1 Å². The summed E-state index contributed by atoms with van der Waals surface area (Å²) in [6.45, 7) is 2.63. The smallest absolute Gasteiger partial charge is 0.220 e. The number of ether oxygens (including phenoxy) is 2. The molecular formula is C21H34N2O3. The van der Waals surface area contributed by atoms with Crippen LogP contribution < -0.4 is 15.8 Å². The van der Waals surface area contributed by atoms with Crippen molar-refractivity contribution in [1.29, 1.82) is 0 Å². The Balaban J connectivity index is 1.51. The molecule has 0 heterocycles. The molecule has 0 aliphatic heterocycles. The van der Waals surface area contributed by atoms with E-state index >= 15 is 0 Å². The van der Waals surface area contributed by atoms with Gasteiger partial charge in [0.05, 0.1) is 12.7 Å². The number of nitrogens with two attached hydrogens (primary N) is 1. The van der Waals surface area contributed by atoms with E-state index < -0.39 is 0 Å². The lowest BCUT2D eigenvalue weighted by molar-refractivity contribution is -0.121. The molecule has 0 aromatic heterocycles. The van der Waals surface area contributed by atoms with E-state index in [1.165, 1.54) is 25.7 Å². The van der Waals surface area contributed by atoms with Crippen molar-refractivity contribution < 1.29 is 14.3 Å². The lowest BCUT2D eigenvalue weighted by Gasteiger charge is -2.13. The summed E-state index contributed by atoms with van der Waals surface area (Å²) in [6.07, 6.45) is 9.70. The summed E-state index contributed by atoms with van der Waals surface area (Å²) >= 11 is 0. The van der Waals surface area contributed by atoms with Gasteiger partial charge in [0.2, 0.25) is 5.91 Å². The third kappa shape index (κ3) is 8.68. The molecule has 0 radical (unpaired) electrons. The normalized spacial score (nSPS) is 14.5. The van der Waals surface area contributed by atoms with Gasteiger partial charge >= 0.3 is 0 Å². The number of benzene rings is 1. The van der Waals surface area contributed by atoms with Gasteiger partial charge in [0.1, 0.15) is 5.75 Å². The topological polar surface area (TPSA) is 73.6 Å². The molecule has 0 atom stereocenters. The van der Waals surface area contributed by atoms with Gasteiger partial charge in [-0.25, -0.2) is 0 Å². The van der Waals surface area contributed by atoms with Gasteiger partial charge in [-0.2, -0.15) is 0 Å². The second-order valence-electron chi connectivity index (χ2n) is 6.98. The molecule has 1 saturated carbocycles. The highest BCUT2D eigenvalue weighted by Gasteiger charge is 2.16. The predicted molar refractivity (Wildman–Crippen MR) is 104 cm³/mol. The summed E-state index contributed by atoms with van der Waals surface area (Å²) in [6, 6.07) is 8.15. The van der Waals surface area contributed by atoms with E-state index in [9.17, 15) is 4.79 Å². The number of carbonyl (C=O) groups is 1. The maximum Gasteiger partial charge on any atom is 0.220 e. The van der Waals surface area contributed by atoms with E-state index in [0.717, 1.165) is 50.1 Å². The summed E-state index contributed by atoms with van der Waals surface area (Å²) in [5, 5.41) is 2.91. The fourth-order valence-electron chi connectivity index (χ4n) is 3.17. The molecule has 1 aromatic carbocycles. The van der Waals surface area contributed by atoms with Crippen molar-refractivity contribution in [1.82, 2.24) is 5.32 Å². The van der Waals surface area contributed by atoms with E-state index in [1.54, 1.807) is 0 Å². The average molecular weight is 363 g/mol. The van der Waals surface area contributed by atoms with Crippen LogP contribution in [0.15, 0.2) is 24.3 Å². The molecule has 0 spiro atoms. The van der Waals surface area contributed by atoms with Gasteiger partial charge in [-0.3, -0.25) is 4.79 Å². The van der Waals surface area contributed by atoms with Crippen LogP contribution in [0.5, 0.6) is 5.75 Å². The van der Waals surface area contributed by atoms with Crippen molar-refractivity contribution in [3.8, 4) is 5.75 Å². The Labute approximate surface area is 157 Å². The highest BCUT2D eigenvalue weighted by atomic mass is 16.5. The minimum absolute atomic E-state index is 0.0722. The number of amides is 1. The molecule has 0 unspecified atom stereocenters. The van der Waals surface area contributed by atoms with Crippen molar-refractivity contribution in [3.63, 3.8) is 0 Å². The quantitative estimate of drug-likeness (QED) is 0.529. The Morgan fingerprint density at radius 3 is 2.58 bits per heavy atom. The summed E-state index contributed by atoms with van der Waals surface area (Å²) in [7, 11) is 0. The monoisotopic (exact) mass is 362 g/mol. The zero-order chi connectivity index (χ0) is 18.5. The van der Waals surface area contributed by atoms with Crippen molar-refractivity contribution >= 4 is 5.91 Å². The Kier molecular flexibility index (Phi) is 10.1. The maximum atomic E-state index is 11.9. The summed E-state index contributed by atoms with van der Waals surface area (Å²) in [5.41, 5.74) is 6.60. The van der Waals surface area contributed by atoms with Gasteiger partial charge in [-0.05, 0) is 75.6 Å². The standard InChI is InChI=1S/C21H34N2O3/c22-14-4-1-5-16-25-17-15-23-21(24)13-10-18-8-11-20(12-9-18)26-19-6-2-3-7-19/h8-9,11-12,19H,1-7,10,13-17,22H2,(H,23,24). The van der Waals surface area contributed by atoms with E-state index in [0.29, 0.717) is 25.7 Å². The lowest BCUT2D eigenvalue weighted by atomic mass is 10.1. The van der Waals surface area contributed by atoms with Crippen LogP contribution in [0.3, 0.4) is 0 Å². The van der Waals surface area contributed by atoms with Crippen LogP contribution in [0.25, 0.3) is 0 Å². The fourth-order valence-corrected chi connectivity index (χ4v) is 3.17. The van der Waals surface area contributed by atoms with Crippen molar-refractivity contribution in [2.75, 3.05) is 26.3 Å². The molecule has 1 aliphatic rings. The minimum atomic E-state index is 0.0722. The fraction of sp³-hybridized carbons (Fsp3) is 0.667. The largest absolute Gasteiger partial charge is 0.490 e. The van der Waals surface area contributed by atoms with Crippen LogP contribution in [0.2, 0.25) is 0 Å². The molecule has 26 heavy (non-hydrogen) atoms. The maximum absolute atomic E-state index is 11.9. The van der Waals surface area contributed by atoms with Crippen molar-refractivity contribution in [2.24, 2.45) is 5.73 Å². The minimum Gasteiger partial charge on any atom is -0.490 e. The molecule has 146 valence electrons. The zero-order valence-corrected chi connectivity index (χ0v) is 15.9. The number of rotatable bonds is 13. The van der Waals surface area contributed by atoms with Gasteiger partial charge in [-0.1, -0.05) is 12.1 Å². The molecule has 1 amide bonds. The van der Waals surface area contributed by atoms with Crippen molar-refractivity contribution in [3.05, 3.63) is 29.8 Å². The van der Waals surface area contributed by atoms with E-state index in [-0.39, 0.29) is 5.91 Å². The number of unbranched alkanes of at least 4 members (excludes halogenated alkanes) is 2. The highest BCUT2D eigenvalue weighted by molar-refractivity contribution is 5.76. The van der Waals surface area contributed by atoms with Crippen LogP contribution in [0.1, 0.15) is 56.9 Å². The summed E-state index contributed by atoms with van der Waals surface area (Å²) in [4.78, 5) is 11.9. The first-order valence-electron chi connectivity index (χ1n) is 10.1. The van der Waals surface area contributed by atoms with Gasteiger partial charge in [0, 0.05) is 19.6 Å². The Morgan fingerprint density at radius 1 is 1.08 bits per heavy atom. The number of hydrogen-bond donors (Lipinski definition) is 2. The van der Waals surface area contributed by atoms with Crippen molar-refractivity contribution in [2.45, 2.75) is 63.9 Å². The number of hydrogen-bond acceptors (Lipinski definition) is 4. The molecule has 3 N–H and O–H groups in total. The molecule has 5 heteroatoms. The van der Waals surface area contributed by atoms with Gasteiger partial charge in [-0.15, -0.1) is 0 Å². The van der Waals surface area contributed by atoms with Crippen LogP contribution in [0.4, 0.5) is 0 Å². The first-order valence-corrected chi connectivity index (χ1v) is 10.1. The number of carbonyl (C=O) groups excluding carboxylic acids is 1. The Bertz CT molecular complexity index is 498. The Hall–Kier alpha value is -1.59. The first-order chi connectivity index (χ1) is 12.8. The Morgan fingerprint density at radius 2 is 1.85 bits per heavy atom. The second-order valence-corrected chi connectivity index (χ2v) is 6.98. The highest BCUT2D eigenvalue weighted by Crippen LogP contribution is 2.24. The third-order valence-corrected chi connectivity index (χ3v) is 4.73. The van der Waals surface area contributed by atoms with E-state index in [4.69, 9.17) is 15.2 Å². The number of nitrogens with one attached hydrogen (secondary N) is 1. The third-order valence-electron chi connectivity index (χ3n) is 4.73. The molecule has 1 aromatic rings. The average Bonchev–Trinajstić information content (AvgIpc) is 3.16. The molecule has 0 bridgehead atoms. The lowest BCUT2D eigenvalue weighted by Crippen LogP contribution is -2.27.